The highest BCUT2D eigenvalue weighted by molar-refractivity contribution is 7.16. The number of nitrogens with zero attached hydrogens (tertiary/aromatic N) is 2. The van der Waals surface area contributed by atoms with Gasteiger partial charge in [0.1, 0.15) is 16.5 Å². The molecule has 1 N–H and O–H groups in total. The van der Waals surface area contributed by atoms with E-state index in [4.69, 9.17) is 14.2 Å². The molecule has 0 aliphatic rings. The Morgan fingerprint density at radius 3 is 2.41 bits per heavy atom. The van der Waals surface area contributed by atoms with Gasteiger partial charge in [0.15, 0.2) is 12.3 Å². The lowest BCUT2D eigenvalue weighted by atomic mass is 10.1. The number of thiophene rings is 1. The zero-order chi connectivity index (χ0) is 27.4. The third kappa shape index (κ3) is 5.46. The summed E-state index contributed by atoms with van der Waals surface area (Å²) in [5.41, 5.74) is -0.0854. The highest BCUT2D eigenvalue weighted by Crippen LogP contribution is 2.31. The molecule has 1 amide bonds. The van der Waals surface area contributed by atoms with E-state index in [9.17, 15) is 14.4 Å². The Bertz CT molecular complexity index is 1730. The molecule has 0 aliphatic carbocycles. The Morgan fingerprint density at radius 2 is 1.67 bits per heavy atom. The summed E-state index contributed by atoms with van der Waals surface area (Å²) in [7, 11) is 0. The summed E-state index contributed by atoms with van der Waals surface area (Å²) in [5, 5.41) is 11.5. The minimum atomic E-state index is -0.669. The molecule has 2 aromatic heterocycles. The van der Waals surface area contributed by atoms with Crippen molar-refractivity contribution < 1.29 is 23.8 Å². The number of hydrogen-bond donors (Lipinski definition) is 1. The number of fused-ring (bicyclic) bond motifs is 2. The first-order valence-corrected chi connectivity index (χ1v) is 13.2. The van der Waals surface area contributed by atoms with E-state index < -0.39 is 17.4 Å². The molecule has 0 radical (unpaired) electrons. The average molecular weight is 544 g/mol. The van der Waals surface area contributed by atoms with Crippen molar-refractivity contribution in [2.45, 2.75) is 13.8 Å². The second kappa shape index (κ2) is 11.4. The Hall–Kier alpha value is -4.70. The number of amides is 1. The summed E-state index contributed by atoms with van der Waals surface area (Å²) in [6, 6.07) is 20.2. The van der Waals surface area contributed by atoms with Gasteiger partial charge >= 0.3 is 5.97 Å². The molecule has 0 saturated carbocycles. The molecular formula is C29H25N3O6S. The van der Waals surface area contributed by atoms with Gasteiger partial charge in [-0.2, -0.15) is 9.78 Å². The van der Waals surface area contributed by atoms with Crippen molar-refractivity contribution in [3.8, 4) is 17.2 Å². The number of nitrogens with one attached hydrogen (secondary N) is 1. The van der Waals surface area contributed by atoms with Gasteiger partial charge in [0.05, 0.1) is 24.3 Å². The van der Waals surface area contributed by atoms with Crippen molar-refractivity contribution in [2.75, 3.05) is 25.1 Å². The number of hydrogen-bond acceptors (Lipinski definition) is 8. The van der Waals surface area contributed by atoms with E-state index in [1.54, 1.807) is 42.6 Å². The standard InChI is InChI=1S/C29H25N3O6S/c1-3-36-21-13-10-20(11-14-21)32-28(34)25-23(26(31-32)29(35)37-4-2)17-39-27(25)30-24(33)16-38-22-12-9-18-7-5-6-8-19(18)15-22/h5-15,17H,3-4,16H2,1-2H3,(H,30,33). The quantitative estimate of drug-likeness (QED) is 0.255. The van der Waals surface area contributed by atoms with Gasteiger partial charge in [0.2, 0.25) is 0 Å². The van der Waals surface area contributed by atoms with Crippen molar-refractivity contribution in [2.24, 2.45) is 0 Å². The monoisotopic (exact) mass is 543 g/mol. The molecule has 39 heavy (non-hydrogen) atoms. The van der Waals surface area contributed by atoms with Crippen LogP contribution in [0.1, 0.15) is 24.3 Å². The second-order valence-corrected chi connectivity index (χ2v) is 9.29. The first-order chi connectivity index (χ1) is 19.0. The van der Waals surface area contributed by atoms with E-state index in [2.05, 4.69) is 10.4 Å². The third-order valence-electron chi connectivity index (χ3n) is 5.86. The molecule has 2 heterocycles. The maximum Gasteiger partial charge on any atom is 0.359 e. The number of ether oxygens (including phenoxy) is 3. The molecule has 0 unspecified atom stereocenters. The van der Waals surface area contributed by atoms with Crippen LogP contribution in [0.15, 0.2) is 76.9 Å². The molecule has 5 aromatic rings. The Morgan fingerprint density at radius 1 is 0.923 bits per heavy atom. The van der Waals surface area contributed by atoms with Crippen LogP contribution in [-0.2, 0) is 9.53 Å². The Balaban J connectivity index is 1.45. The van der Waals surface area contributed by atoms with Gasteiger partial charge in [-0.3, -0.25) is 9.59 Å². The molecule has 0 bridgehead atoms. The largest absolute Gasteiger partial charge is 0.494 e. The SMILES string of the molecule is CCOC(=O)c1nn(-c2ccc(OCC)cc2)c(=O)c2c(NC(=O)COc3ccc4ccccc4c3)scc12. The van der Waals surface area contributed by atoms with Gasteiger partial charge < -0.3 is 19.5 Å². The fourth-order valence-electron chi connectivity index (χ4n) is 4.09. The van der Waals surface area contributed by atoms with Gasteiger partial charge in [0.25, 0.3) is 11.5 Å². The first kappa shape index (κ1) is 25.9. The van der Waals surface area contributed by atoms with Crippen LogP contribution in [0.5, 0.6) is 11.5 Å². The summed E-state index contributed by atoms with van der Waals surface area (Å²) >= 11 is 1.12. The zero-order valence-electron chi connectivity index (χ0n) is 21.3. The van der Waals surface area contributed by atoms with Gasteiger partial charge in [-0.15, -0.1) is 11.3 Å². The van der Waals surface area contributed by atoms with Crippen molar-refractivity contribution >= 4 is 49.8 Å². The third-order valence-corrected chi connectivity index (χ3v) is 6.75. The zero-order valence-corrected chi connectivity index (χ0v) is 22.1. The maximum absolute atomic E-state index is 13.6. The second-order valence-electron chi connectivity index (χ2n) is 8.41. The van der Waals surface area contributed by atoms with Crippen LogP contribution < -0.4 is 20.3 Å². The minimum Gasteiger partial charge on any atom is -0.494 e. The predicted molar refractivity (Wildman–Crippen MR) is 150 cm³/mol. The fourth-order valence-corrected chi connectivity index (χ4v) is 5.04. The molecule has 198 valence electrons. The Labute approximate surface area is 227 Å². The lowest BCUT2D eigenvalue weighted by molar-refractivity contribution is -0.118. The summed E-state index contributed by atoms with van der Waals surface area (Å²) in [5.74, 6) is 0.0633. The molecule has 9 nitrogen and oxygen atoms in total. The molecule has 10 heteroatoms. The van der Waals surface area contributed by atoms with E-state index in [-0.39, 0.29) is 29.3 Å². The van der Waals surface area contributed by atoms with E-state index in [1.165, 1.54) is 0 Å². The van der Waals surface area contributed by atoms with Crippen molar-refractivity contribution in [1.82, 2.24) is 9.78 Å². The number of carbonyl (C=O) groups excluding carboxylic acids is 2. The lowest BCUT2D eigenvalue weighted by Crippen LogP contribution is -2.26. The topological polar surface area (TPSA) is 109 Å². The molecular weight excluding hydrogens is 518 g/mol. The van der Waals surface area contributed by atoms with Gasteiger partial charge in [-0.25, -0.2) is 4.79 Å². The van der Waals surface area contributed by atoms with Crippen molar-refractivity contribution in [3.05, 3.63) is 88.2 Å². The van der Waals surface area contributed by atoms with Crippen molar-refractivity contribution in [1.29, 1.82) is 0 Å². The van der Waals surface area contributed by atoms with Crippen LogP contribution >= 0.6 is 11.3 Å². The van der Waals surface area contributed by atoms with Crippen LogP contribution in [0.3, 0.4) is 0 Å². The summed E-state index contributed by atoms with van der Waals surface area (Å²) in [6.45, 7) is 3.94. The summed E-state index contributed by atoms with van der Waals surface area (Å²) < 4.78 is 17.5. The summed E-state index contributed by atoms with van der Waals surface area (Å²) in [4.78, 5) is 39.2. The average Bonchev–Trinajstić information content (AvgIpc) is 3.37. The van der Waals surface area contributed by atoms with Crippen molar-refractivity contribution in [3.63, 3.8) is 0 Å². The highest BCUT2D eigenvalue weighted by Gasteiger charge is 2.23. The van der Waals surface area contributed by atoms with Crippen LogP contribution in [0, 0.1) is 0 Å². The van der Waals surface area contributed by atoms with E-state index >= 15 is 0 Å². The number of carbonyl (C=O) groups is 2. The van der Waals surface area contributed by atoms with Gasteiger partial charge in [-0.1, -0.05) is 30.3 Å². The highest BCUT2D eigenvalue weighted by atomic mass is 32.1. The number of aromatic nitrogens is 2. The lowest BCUT2D eigenvalue weighted by Gasteiger charge is -2.11. The molecule has 0 aliphatic heterocycles. The molecule has 0 atom stereocenters. The number of rotatable bonds is 9. The van der Waals surface area contributed by atoms with E-state index in [0.29, 0.717) is 29.2 Å². The van der Waals surface area contributed by atoms with Crippen LogP contribution in [-0.4, -0.2) is 41.5 Å². The number of anilines is 1. The summed E-state index contributed by atoms with van der Waals surface area (Å²) in [6.07, 6.45) is 0. The fraction of sp³-hybridized carbons (Fsp3) is 0.172. The first-order valence-electron chi connectivity index (χ1n) is 12.3. The molecule has 0 spiro atoms. The molecule has 0 fully saturated rings. The Kier molecular flexibility index (Phi) is 7.55. The molecule has 3 aromatic carbocycles. The van der Waals surface area contributed by atoms with E-state index in [1.807, 2.05) is 43.3 Å². The van der Waals surface area contributed by atoms with Crippen LogP contribution in [0.25, 0.3) is 27.2 Å². The van der Waals surface area contributed by atoms with Crippen LogP contribution in [0.2, 0.25) is 0 Å². The molecule has 5 rings (SSSR count). The van der Waals surface area contributed by atoms with Crippen LogP contribution in [0.4, 0.5) is 5.00 Å². The molecule has 0 saturated heterocycles. The predicted octanol–water partition coefficient (Wildman–Crippen LogP) is 5.19. The number of esters is 1. The van der Waals surface area contributed by atoms with E-state index in [0.717, 1.165) is 26.8 Å². The number of benzene rings is 3. The van der Waals surface area contributed by atoms with Gasteiger partial charge in [-0.05, 0) is 61.0 Å². The smallest absolute Gasteiger partial charge is 0.359 e. The minimum absolute atomic E-state index is 0.0236. The normalized spacial score (nSPS) is 10.9. The van der Waals surface area contributed by atoms with Gasteiger partial charge in [0, 0.05) is 10.8 Å². The maximum atomic E-state index is 13.6.